The van der Waals surface area contributed by atoms with E-state index in [0.29, 0.717) is 11.8 Å². The predicted molar refractivity (Wildman–Crippen MR) is 113 cm³/mol. The maximum atomic E-state index is 11.7. The predicted octanol–water partition coefficient (Wildman–Crippen LogP) is 3.72. The second-order valence-electron chi connectivity index (χ2n) is 6.73. The number of amides is 1. The van der Waals surface area contributed by atoms with Gasteiger partial charge in [0.15, 0.2) is 0 Å². The number of aryl methyl sites for hydroxylation is 1. The van der Waals surface area contributed by atoms with Crippen molar-refractivity contribution in [1.29, 1.82) is 0 Å². The third kappa shape index (κ3) is 6.02. The average molecular weight is 365 g/mol. The normalized spacial score (nSPS) is 11.8. The summed E-state index contributed by atoms with van der Waals surface area (Å²) in [5, 5.41) is 3.38. The van der Waals surface area contributed by atoms with Crippen LogP contribution in [0.25, 0.3) is 0 Å². The van der Waals surface area contributed by atoms with Crippen molar-refractivity contribution in [3.63, 3.8) is 0 Å². The van der Waals surface area contributed by atoms with E-state index in [2.05, 4.69) is 40.2 Å². The zero-order valence-corrected chi connectivity index (χ0v) is 16.4. The van der Waals surface area contributed by atoms with Gasteiger partial charge in [-0.15, -0.1) is 0 Å². The van der Waals surface area contributed by atoms with Crippen LogP contribution >= 0.6 is 0 Å². The smallest absolute Gasteiger partial charge is 0.214 e. The molecule has 0 bridgehead atoms. The molecule has 142 valence electrons. The Kier molecular flexibility index (Phi) is 7.67. The molecule has 6 nitrogen and oxygen atoms in total. The molecule has 1 heterocycles. The van der Waals surface area contributed by atoms with E-state index in [-0.39, 0.29) is 6.54 Å². The second kappa shape index (κ2) is 10.2. The molecule has 0 saturated heterocycles. The monoisotopic (exact) mass is 365 g/mol. The number of carbonyl (C=O) groups excluding carboxylic acids is 1. The van der Waals surface area contributed by atoms with Crippen LogP contribution in [0.3, 0.4) is 0 Å². The highest BCUT2D eigenvalue weighted by molar-refractivity contribution is 6.04. The van der Waals surface area contributed by atoms with Crippen LogP contribution in [-0.4, -0.2) is 37.2 Å². The molecule has 0 atom stereocenters. The lowest BCUT2D eigenvalue weighted by molar-refractivity contribution is -0.107. The Labute approximate surface area is 161 Å². The zero-order chi connectivity index (χ0) is 19.6. The van der Waals surface area contributed by atoms with Crippen LogP contribution < -0.4 is 10.2 Å². The van der Waals surface area contributed by atoms with Gasteiger partial charge in [0.25, 0.3) is 0 Å². The van der Waals surface area contributed by atoms with Gasteiger partial charge in [-0.25, -0.2) is 4.99 Å². The summed E-state index contributed by atoms with van der Waals surface area (Å²) in [6.07, 6.45) is 6.62. The molecular weight excluding hydrogens is 338 g/mol. The van der Waals surface area contributed by atoms with E-state index in [4.69, 9.17) is 0 Å². The van der Waals surface area contributed by atoms with Gasteiger partial charge < -0.3 is 10.2 Å². The number of aliphatic imine (C=N–C) groups is 2. The lowest BCUT2D eigenvalue weighted by Crippen LogP contribution is -2.33. The summed E-state index contributed by atoms with van der Waals surface area (Å²) in [5.74, 6) is 1.17. The number of carbonyl (C=O) groups is 1. The van der Waals surface area contributed by atoms with Crippen molar-refractivity contribution in [2.24, 2.45) is 15.9 Å². The molecular formula is C21H27N5O. The molecule has 1 N–H and O–H groups in total. The number of amidine groups is 1. The topological polar surface area (TPSA) is 70.0 Å². The fourth-order valence-electron chi connectivity index (χ4n) is 2.75. The second-order valence-corrected chi connectivity index (χ2v) is 6.73. The Morgan fingerprint density at radius 2 is 2.07 bits per heavy atom. The summed E-state index contributed by atoms with van der Waals surface area (Å²) >= 11 is 0. The van der Waals surface area contributed by atoms with Crippen molar-refractivity contribution >= 4 is 30.0 Å². The Bertz CT molecular complexity index is 814. The molecule has 2 aromatic rings. The van der Waals surface area contributed by atoms with Crippen molar-refractivity contribution in [1.82, 2.24) is 4.98 Å². The van der Waals surface area contributed by atoms with Crippen LogP contribution in [0.5, 0.6) is 0 Å². The molecule has 0 aliphatic rings. The molecule has 0 unspecified atom stereocenters. The summed E-state index contributed by atoms with van der Waals surface area (Å²) in [5.41, 5.74) is 3.93. The summed E-state index contributed by atoms with van der Waals surface area (Å²) in [6.45, 7) is 6.62. The number of rotatable bonds is 8. The fourth-order valence-corrected chi connectivity index (χ4v) is 2.75. The summed E-state index contributed by atoms with van der Waals surface area (Å²) in [4.78, 5) is 25.8. The number of pyridine rings is 1. The highest BCUT2D eigenvalue weighted by Gasteiger charge is 2.13. The Hall–Kier alpha value is -3.02. The fraction of sp³-hybridized carbons (Fsp3) is 0.333. The molecule has 0 radical (unpaired) electrons. The van der Waals surface area contributed by atoms with Crippen LogP contribution in [0.15, 0.2) is 52.7 Å². The van der Waals surface area contributed by atoms with Crippen LogP contribution in [0.2, 0.25) is 0 Å². The number of aromatic nitrogens is 1. The van der Waals surface area contributed by atoms with Gasteiger partial charge >= 0.3 is 0 Å². The average Bonchev–Trinajstić information content (AvgIpc) is 2.65. The third-order valence-corrected chi connectivity index (χ3v) is 4.02. The van der Waals surface area contributed by atoms with E-state index < -0.39 is 0 Å². The first-order chi connectivity index (χ1) is 13.0. The van der Waals surface area contributed by atoms with Gasteiger partial charge in [-0.05, 0) is 42.5 Å². The zero-order valence-electron chi connectivity index (χ0n) is 16.4. The SMILES string of the molecule is CN=CN=C(CN(C=O)c1cnccc1C)Nc1ccccc1CC(C)C. The van der Waals surface area contributed by atoms with Crippen LogP contribution in [0.4, 0.5) is 11.4 Å². The summed E-state index contributed by atoms with van der Waals surface area (Å²) < 4.78 is 0. The van der Waals surface area contributed by atoms with Gasteiger partial charge in [0, 0.05) is 18.9 Å². The number of hydrogen-bond acceptors (Lipinski definition) is 3. The maximum absolute atomic E-state index is 11.7. The van der Waals surface area contributed by atoms with E-state index in [0.717, 1.165) is 29.8 Å². The molecule has 2 rings (SSSR count). The minimum atomic E-state index is 0.290. The Morgan fingerprint density at radius 3 is 2.74 bits per heavy atom. The van der Waals surface area contributed by atoms with Gasteiger partial charge in [-0.2, -0.15) is 0 Å². The van der Waals surface area contributed by atoms with Crippen LogP contribution in [0.1, 0.15) is 25.0 Å². The number of nitrogens with one attached hydrogen (secondary N) is 1. The number of para-hydroxylation sites is 1. The molecule has 0 fully saturated rings. The maximum Gasteiger partial charge on any atom is 0.214 e. The van der Waals surface area contributed by atoms with Gasteiger partial charge in [-0.1, -0.05) is 32.0 Å². The number of benzene rings is 1. The lowest BCUT2D eigenvalue weighted by Gasteiger charge is -2.21. The van der Waals surface area contributed by atoms with Crippen LogP contribution in [0, 0.1) is 12.8 Å². The minimum Gasteiger partial charge on any atom is -0.342 e. The first kappa shape index (κ1) is 20.3. The first-order valence-corrected chi connectivity index (χ1v) is 9.00. The molecule has 0 aliphatic carbocycles. The van der Waals surface area contributed by atoms with Crippen molar-refractivity contribution in [2.75, 3.05) is 23.8 Å². The minimum absolute atomic E-state index is 0.290. The van der Waals surface area contributed by atoms with Crippen molar-refractivity contribution in [3.05, 3.63) is 53.9 Å². The molecule has 1 aromatic heterocycles. The Morgan fingerprint density at radius 1 is 1.30 bits per heavy atom. The largest absolute Gasteiger partial charge is 0.342 e. The third-order valence-electron chi connectivity index (χ3n) is 4.02. The van der Waals surface area contributed by atoms with E-state index in [1.54, 1.807) is 24.3 Å². The highest BCUT2D eigenvalue weighted by Crippen LogP contribution is 2.20. The van der Waals surface area contributed by atoms with Gasteiger partial charge in [0.05, 0.1) is 18.4 Å². The number of anilines is 2. The van der Waals surface area contributed by atoms with Gasteiger partial charge in [0.2, 0.25) is 6.41 Å². The standard InChI is InChI=1S/C21H27N5O/c1-16(2)11-18-7-5-6-8-19(18)25-21(24-14-22-4)13-26(15-27)20-12-23-10-9-17(20)3/h5-10,12,14-16H,11,13H2,1-4H3,(H,22,24,25). The van der Waals surface area contributed by atoms with Crippen molar-refractivity contribution in [2.45, 2.75) is 27.2 Å². The molecule has 1 aromatic carbocycles. The van der Waals surface area contributed by atoms with Gasteiger partial charge in [0.1, 0.15) is 12.2 Å². The number of nitrogens with zero attached hydrogens (tertiary/aromatic N) is 4. The highest BCUT2D eigenvalue weighted by atomic mass is 16.1. The van der Waals surface area contributed by atoms with E-state index in [1.807, 2.05) is 31.2 Å². The molecule has 0 aliphatic heterocycles. The molecule has 0 saturated carbocycles. The summed E-state index contributed by atoms with van der Waals surface area (Å²) in [7, 11) is 1.66. The quantitative estimate of drug-likeness (QED) is 0.440. The molecule has 1 amide bonds. The van der Waals surface area contributed by atoms with Crippen molar-refractivity contribution in [3.8, 4) is 0 Å². The first-order valence-electron chi connectivity index (χ1n) is 9.00. The summed E-state index contributed by atoms with van der Waals surface area (Å²) in [6, 6.07) is 10.0. The molecule has 6 heteroatoms. The van der Waals surface area contributed by atoms with Crippen molar-refractivity contribution < 1.29 is 4.79 Å². The van der Waals surface area contributed by atoms with E-state index in [1.165, 1.54) is 11.9 Å². The molecule has 27 heavy (non-hydrogen) atoms. The van der Waals surface area contributed by atoms with Crippen LogP contribution in [-0.2, 0) is 11.2 Å². The Balaban J connectivity index is 2.29. The van der Waals surface area contributed by atoms with E-state index >= 15 is 0 Å². The van der Waals surface area contributed by atoms with Gasteiger partial charge in [-0.3, -0.25) is 14.8 Å². The van der Waals surface area contributed by atoms with E-state index in [9.17, 15) is 4.79 Å². The lowest BCUT2D eigenvalue weighted by atomic mass is 10.0. The molecule has 0 spiro atoms. The number of hydrogen-bond donors (Lipinski definition) is 1.